The van der Waals surface area contributed by atoms with E-state index in [0.29, 0.717) is 19.1 Å². The summed E-state index contributed by atoms with van der Waals surface area (Å²) < 4.78 is 26.3. The molecule has 37 heavy (non-hydrogen) atoms. The molecule has 2 aliphatic rings. The standard InChI is InChI=1S/C31H30FNO4/c1-2-3-22(17-30(34)35)21-6-4-20(5-7-21)16-23-8-10-27-26(11-12-28(32)31(23)27)24-9-13-29(33-18-24)37-25-14-15-36-19-25/h4-7,9,11-13,18,22-23,25H,8,10,14-17,19H2,1H3,(H,34,35)/t22-,23-,25?/m0/s1. The molecular formula is C31H30FNO4. The Hall–Kier alpha value is -3.69. The van der Waals surface area contributed by atoms with Gasteiger partial charge in [-0.3, -0.25) is 4.79 Å². The molecule has 1 saturated heterocycles. The fraction of sp³-hybridized carbons (Fsp3) is 0.355. The third-order valence-corrected chi connectivity index (χ3v) is 7.24. The van der Waals surface area contributed by atoms with Crippen LogP contribution in [0, 0.1) is 17.7 Å². The fourth-order valence-corrected chi connectivity index (χ4v) is 5.44. The first-order valence-corrected chi connectivity index (χ1v) is 12.8. The molecule has 3 atom stereocenters. The van der Waals surface area contributed by atoms with Crippen LogP contribution < -0.4 is 4.74 Å². The van der Waals surface area contributed by atoms with Gasteiger partial charge in [0.1, 0.15) is 11.9 Å². The van der Waals surface area contributed by atoms with Crippen LogP contribution in [-0.4, -0.2) is 35.4 Å². The van der Waals surface area contributed by atoms with Crippen LogP contribution in [0.15, 0.2) is 54.7 Å². The molecule has 6 heteroatoms. The number of carboxylic acid groups (broad SMARTS) is 1. The van der Waals surface area contributed by atoms with E-state index in [1.807, 2.05) is 42.5 Å². The van der Waals surface area contributed by atoms with Crippen LogP contribution in [-0.2, 0) is 22.4 Å². The number of halogens is 1. The zero-order chi connectivity index (χ0) is 25.8. The second-order valence-electron chi connectivity index (χ2n) is 9.70. The molecule has 1 aliphatic heterocycles. The van der Waals surface area contributed by atoms with Gasteiger partial charge < -0.3 is 14.6 Å². The van der Waals surface area contributed by atoms with Gasteiger partial charge in [0.2, 0.25) is 5.88 Å². The van der Waals surface area contributed by atoms with Crippen molar-refractivity contribution in [3.05, 3.63) is 82.8 Å². The van der Waals surface area contributed by atoms with Crippen molar-refractivity contribution in [2.24, 2.45) is 0 Å². The molecule has 1 aromatic heterocycles. The number of aliphatic carboxylic acids is 1. The van der Waals surface area contributed by atoms with Gasteiger partial charge in [0.05, 0.1) is 25.6 Å². The summed E-state index contributed by atoms with van der Waals surface area (Å²) >= 11 is 0. The summed E-state index contributed by atoms with van der Waals surface area (Å²) in [6.45, 7) is 3.02. The Morgan fingerprint density at radius 3 is 2.70 bits per heavy atom. The number of rotatable bonds is 8. The molecular weight excluding hydrogens is 469 g/mol. The predicted molar refractivity (Wildman–Crippen MR) is 139 cm³/mol. The molecule has 5 nitrogen and oxygen atoms in total. The largest absolute Gasteiger partial charge is 0.481 e. The summed E-state index contributed by atoms with van der Waals surface area (Å²) in [7, 11) is 0. The van der Waals surface area contributed by atoms with Gasteiger partial charge in [0.25, 0.3) is 0 Å². The monoisotopic (exact) mass is 499 g/mol. The van der Waals surface area contributed by atoms with Crippen LogP contribution >= 0.6 is 0 Å². The highest BCUT2D eigenvalue weighted by Crippen LogP contribution is 2.42. The van der Waals surface area contributed by atoms with Crippen molar-refractivity contribution in [3.63, 3.8) is 0 Å². The number of nitrogens with zero attached hydrogens (tertiary/aromatic N) is 1. The van der Waals surface area contributed by atoms with Gasteiger partial charge in [-0.15, -0.1) is 5.92 Å². The number of fused-ring (bicyclic) bond motifs is 1. The molecule has 2 aromatic carbocycles. The number of hydrogen-bond donors (Lipinski definition) is 1. The van der Waals surface area contributed by atoms with Crippen molar-refractivity contribution in [2.75, 3.05) is 13.2 Å². The maximum atomic E-state index is 15.1. The average Bonchev–Trinajstić information content (AvgIpc) is 3.56. The number of carboxylic acids is 1. The summed E-state index contributed by atoms with van der Waals surface area (Å²) in [5, 5.41) is 9.19. The maximum Gasteiger partial charge on any atom is 0.304 e. The number of aromatic nitrogens is 1. The summed E-state index contributed by atoms with van der Waals surface area (Å²) in [6.07, 6.45) is 5.11. The van der Waals surface area contributed by atoms with E-state index in [2.05, 4.69) is 16.8 Å². The van der Waals surface area contributed by atoms with E-state index >= 15 is 4.39 Å². The Morgan fingerprint density at radius 1 is 1.19 bits per heavy atom. The minimum Gasteiger partial charge on any atom is -0.481 e. The first-order chi connectivity index (χ1) is 18.0. The molecule has 0 amide bonds. The van der Waals surface area contributed by atoms with E-state index in [-0.39, 0.29) is 30.2 Å². The Kier molecular flexibility index (Phi) is 7.52. The minimum atomic E-state index is -0.869. The molecule has 0 bridgehead atoms. The third-order valence-electron chi connectivity index (χ3n) is 7.24. The SMILES string of the molecule is CC#C[C@@H](CC(=O)O)c1ccc(C[C@@H]2CCc3c(-c4ccc(OC5CCOC5)nc4)ccc(F)c32)cc1. The zero-order valence-corrected chi connectivity index (χ0v) is 20.9. The molecule has 3 aromatic rings. The Bertz CT molecular complexity index is 1320. The zero-order valence-electron chi connectivity index (χ0n) is 20.9. The van der Waals surface area contributed by atoms with Crippen LogP contribution in [0.4, 0.5) is 4.39 Å². The van der Waals surface area contributed by atoms with Gasteiger partial charge in [0.15, 0.2) is 0 Å². The highest BCUT2D eigenvalue weighted by molar-refractivity contribution is 5.70. The van der Waals surface area contributed by atoms with Crippen molar-refractivity contribution >= 4 is 5.97 Å². The number of ether oxygens (including phenoxy) is 2. The lowest BCUT2D eigenvalue weighted by atomic mass is 9.89. The van der Waals surface area contributed by atoms with E-state index < -0.39 is 5.97 Å². The molecule has 5 rings (SSSR count). The smallest absolute Gasteiger partial charge is 0.304 e. The lowest BCUT2D eigenvalue weighted by Gasteiger charge is -2.16. The highest BCUT2D eigenvalue weighted by Gasteiger charge is 2.29. The lowest BCUT2D eigenvalue weighted by Crippen LogP contribution is -2.16. The quantitative estimate of drug-likeness (QED) is 0.390. The molecule has 190 valence electrons. The number of carbonyl (C=O) groups is 1. The number of benzene rings is 2. The predicted octanol–water partition coefficient (Wildman–Crippen LogP) is 5.91. The molecule has 1 fully saturated rings. The fourth-order valence-electron chi connectivity index (χ4n) is 5.44. The van der Waals surface area contributed by atoms with Crippen LogP contribution in [0.2, 0.25) is 0 Å². The molecule has 1 unspecified atom stereocenters. The van der Waals surface area contributed by atoms with E-state index in [1.165, 1.54) is 0 Å². The van der Waals surface area contributed by atoms with E-state index in [4.69, 9.17) is 9.47 Å². The van der Waals surface area contributed by atoms with E-state index in [9.17, 15) is 9.90 Å². The second kappa shape index (κ2) is 11.1. The normalized spacial score (nSPS) is 19.1. The van der Waals surface area contributed by atoms with Crippen LogP contribution in [0.3, 0.4) is 0 Å². The first kappa shape index (κ1) is 25.0. The molecule has 0 saturated carbocycles. The summed E-state index contributed by atoms with van der Waals surface area (Å²) in [5.74, 6) is 5.12. The summed E-state index contributed by atoms with van der Waals surface area (Å²) in [5.41, 5.74) is 5.82. The van der Waals surface area contributed by atoms with Gasteiger partial charge in [-0.25, -0.2) is 9.37 Å². The van der Waals surface area contributed by atoms with Crippen LogP contribution in [0.25, 0.3) is 11.1 Å². The van der Waals surface area contributed by atoms with Gasteiger partial charge in [0, 0.05) is 24.2 Å². The first-order valence-electron chi connectivity index (χ1n) is 12.8. The highest BCUT2D eigenvalue weighted by atomic mass is 19.1. The minimum absolute atomic E-state index is 0.0267. The second-order valence-corrected chi connectivity index (χ2v) is 9.70. The van der Waals surface area contributed by atoms with Crippen molar-refractivity contribution in [1.29, 1.82) is 0 Å². The van der Waals surface area contributed by atoms with Gasteiger partial charge in [-0.05, 0) is 72.1 Å². The van der Waals surface area contributed by atoms with E-state index in [0.717, 1.165) is 59.1 Å². The molecule has 1 aliphatic carbocycles. The molecule has 2 heterocycles. The van der Waals surface area contributed by atoms with Gasteiger partial charge in [-0.2, -0.15) is 0 Å². The van der Waals surface area contributed by atoms with Crippen molar-refractivity contribution in [1.82, 2.24) is 4.98 Å². The van der Waals surface area contributed by atoms with Crippen LogP contribution in [0.5, 0.6) is 5.88 Å². The number of hydrogen-bond acceptors (Lipinski definition) is 4. The summed E-state index contributed by atoms with van der Waals surface area (Å²) in [4.78, 5) is 15.7. The van der Waals surface area contributed by atoms with Gasteiger partial charge in [-0.1, -0.05) is 36.3 Å². The van der Waals surface area contributed by atoms with E-state index in [1.54, 1.807) is 19.2 Å². The van der Waals surface area contributed by atoms with Gasteiger partial charge >= 0.3 is 5.97 Å². The maximum absolute atomic E-state index is 15.1. The molecule has 1 N–H and O–H groups in total. The Labute approximate surface area is 216 Å². The topological polar surface area (TPSA) is 68.7 Å². The molecule has 0 spiro atoms. The van der Waals surface area contributed by atoms with Crippen molar-refractivity contribution < 1.29 is 23.8 Å². The van der Waals surface area contributed by atoms with Crippen molar-refractivity contribution in [3.8, 4) is 28.8 Å². The lowest BCUT2D eigenvalue weighted by molar-refractivity contribution is -0.137. The van der Waals surface area contributed by atoms with Crippen molar-refractivity contribution in [2.45, 2.75) is 57.0 Å². The summed E-state index contributed by atoms with van der Waals surface area (Å²) in [6, 6.07) is 15.2. The number of pyridine rings is 1. The average molecular weight is 500 g/mol. The Balaban J connectivity index is 1.33. The molecule has 0 radical (unpaired) electrons. The third kappa shape index (κ3) is 5.68. The van der Waals surface area contributed by atoms with Crippen LogP contribution in [0.1, 0.15) is 60.3 Å². The Morgan fingerprint density at radius 2 is 2.03 bits per heavy atom.